The molecule has 1 N–H and O–H groups in total. The third-order valence-electron chi connectivity index (χ3n) is 2.99. The van der Waals surface area contributed by atoms with Gasteiger partial charge >= 0.3 is 0 Å². The number of hydrogen-bond acceptors (Lipinski definition) is 4. The normalized spacial score (nSPS) is 11.1. The largest absolute Gasteiger partial charge is 0.497 e. The van der Waals surface area contributed by atoms with Gasteiger partial charge in [-0.15, -0.1) is 0 Å². The maximum absolute atomic E-state index is 11.9. The summed E-state index contributed by atoms with van der Waals surface area (Å²) in [6.45, 7) is 3.69. The number of methoxy groups -OCH3 is 1. The zero-order valence-corrected chi connectivity index (χ0v) is 12.3. The average molecular weight is 283 g/mol. The fourth-order valence-corrected chi connectivity index (χ4v) is 1.71. The van der Waals surface area contributed by atoms with E-state index in [2.05, 4.69) is 15.5 Å². The van der Waals surface area contributed by atoms with Crippen LogP contribution in [-0.2, 0) is 0 Å². The second-order valence-corrected chi connectivity index (χ2v) is 4.56. The van der Waals surface area contributed by atoms with Gasteiger partial charge in [0, 0.05) is 17.5 Å². The number of nitrogens with one attached hydrogen (secondary N) is 1. The van der Waals surface area contributed by atoms with Crippen molar-refractivity contribution in [1.82, 2.24) is 10.4 Å². The Morgan fingerprint density at radius 1 is 1.24 bits per heavy atom. The van der Waals surface area contributed by atoms with E-state index in [-0.39, 0.29) is 5.91 Å². The summed E-state index contributed by atoms with van der Waals surface area (Å²) >= 11 is 0. The molecular formula is C16H17N3O2. The number of pyridine rings is 1. The summed E-state index contributed by atoms with van der Waals surface area (Å²) in [5.41, 5.74) is 5.44. The van der Waals surface area contributed by atoms with Crippen molar-refractivity contribution in [3.05, 3.63) is 59.4 Å². The maximum Gasteiger partial charge on any atom is 0.272 e. The number of carbonyl (C=O) groups is 1. The van der Waals surface area contributed by atoms with Gasteiger partial charge in [-0.3, -0.25) is 9.78 Å². The van der Waals surface area contributed by atoms with Crippen LogP contribution in [0.1, 0.15) is 28.5 Å². The van der Waals surface area contributed by atoms with Crippen molar-refractivity contribution < 1.29 is 9.53 Å². The summed E-state index contributed by atoms with van der Waals surface area (Å²) in [7, 11) is 1.61. The Morgan fingerprint density at radius 3 is 2.71 bits per heavy atom. The van der Waals surface area contributed by atoms with Crippen molar-refractivity contribution in [2.75, 3.05) is 7.11 Å². The molecule has 0 aliphatic heterocycles. The van der Waals surface area contributed by atoms with Gasteiger partial charge in [-0.25, -0.2) is 5.43 Å². The van der Waals surface area contributed by atoms with Crippen molar-refractivity contribution in [3.63, 3.8) is 0 Å². The van der Waals surface area contributed by atoms with Crippen LogP contribution in [0.2, 0.25) is 0 Å². The minimum Gasteiger partial charge on any atom is -0.497 e. The van der Waals surface area contributed by atoms with Crippen LogP contribution in [0.15, 0.2) is 47.7 Å². The number of nitrogens with zero attached hydrogens (tertiary/aromatic N) is 2. The van der Waals surface area contributed by atoms with E-state index in [0.717, 1.165) is 17.0 Å². The maximum atomic E-state index is 11.9. The highest BCUT2D eigenvalue weighted by atomic mass is 16.5. The summed E-state index contributed by atoms with van der Waals surface area (Å²) < 4.78 is 5.16. The van der Waals surface area contributed by atoms with E-state index in [1.807, 2.05) is 38.1 Å². The monoisotopic (exact) mass is 283 g/mol. The molecule has 0 saturated carbocycles. The zero-order chi connectivity index (χ0) is 15.2. The third-order valence-corrected chi connectivity index (χ3v) is 2.99. The summed E-state index contributed by atoms with van der Waals surface area (Å²) in [5.74, 6) is 0.459. The van der Waals surface area contributed by atoms with Crippen molar-refractivity contribution in [3.8, 4) is 5.75 Å². The van der Waals surface area contributed by atoms with Crippen LogP contribution >= 0.6 is 0 Å². The number of aryl methyl sites for hydroxylation is 1. The number of amides is 1. The molecule has 0 aliphatic carbocycles. The van der Waals surface area contributed by atoms with E-state index < -0.39 is 0 Å². The van der Waals surface area contributed by atoms with Gasteiger partial charge in [0.15, 0.2) is 0 Å². The highest BCUT2D eigenvalue weighted by Crippen LogP contribution is 2.13. The fourth-order valence-electron chi connectivity index (χ4n) is 1.71. The van der Waals surface area contributed by atoms with Gasteiger partial charge in [0.2, 0.25) is 0 Å². The highest BCUT2D eigenvalue weighted by molar-refractivity contribution is 6.01. The molecule has 5 heteroatoms. The lowest BCUT2D eigenvalue weighted by Crippen LogP contribution is -2.19. The van der Waals surface area contributed by atoms with Gasteiger partial charge in [-0.05, 0) is 38.1 Å². The molecule has 5 nitrogen and oxygen atoms in total. The first-order valence-corrected chi connectivity index (χ1v) is 6.52. The summed E-state index contributed by atoms with van der Waals surface area (Å²) in [4.78, 5) is 16.0. The van der Waals surface area contributed by atoms with Crippen molar-refractivity contribution in [2.45, 2.75) is 13.8 Å². The second kappa shape index (κ2) is 6.65. The van der Waals surface area contributed by atoms with Gasteiger partial charge < -0.3 is 4.74 Å². The number of rotatable bonds is 4. The lowest BCUT2D eigenvalue weighted by atomic mass is 10.1. The summed E-state index contributed by atoms with van der Waals surface area (Å²) in [6.07, 6.45) is 1.53. The molecule has 1 aromatic heterocycles. The van der Waals surface area contributed by atoms with E-state index >= 15 is 0 Å². The molecule has 0 atom stereocenters. The summed E-state index contributed by atoms with van der Waals surface area (Å²) in [6, 6.07) is 11.0. The molecule has 1 amide bonds. The van der Waals surface area contributed by atoms with Gasteiger partial charge in [-0.1, -0.05) is 12.1 Å². The minimum atomic E-state index is -0.287. The van der Waals surface area contributed by atoms with Crippen molar-refractivity contribution in [2.24, 2.45) is 5.10 Å². The molecule has 0 spiro atoms. The SMILES string of the molecule is COc1cccc(/C(C)=N/NC(=O)c2ccc(C)nc2)c1. The number of benzene rings is 1. The molecule has 21 heavy (non-hydrogen) atoms. The van der Waals surface area contributed by atoms with Gasteiger partial charge in [0.1, 0.15) is 5.75 Å². The first-order chi connectivity index (χ1) is 10.1. The molecule has 0 aliphatic rings. The molecular weight excluding hydrogens is 266 g/mol. The topological polar surface area (TPSA) is 63.6 Å². The Labute approximate surface area is 123 Å². The van der Waals surface area contributed by atoms with Crippen molar-refractivity contribution >= 4 is 11.6 Å². The minimum absolute atomic E-state index is 0.287. The van der Waals surface area contributed by atoms with Crippen LogP contribution < -0.4 is 10.2 Å². The predicted octanol–water partition coefficient (Wildman–Crippen LogP) is 2.55. The Bertz CT molecular complexity index is 663. The van der Waals surface area contributed by atoms with Crippen LogP contribution in [0.25, 0.3) is 0 Å². The molecule has 0 radical (unpaired) electrons. The fraction of sp³-hybridized carbons (Fsp3) is 0.188. The first kappa shape index (κ1) is 14.7. The van der Waals surface area contributed by atoms with E-state index in [1.165, 1.54) is 6.20 Å². The quantitative estimate of drug-likeness (QED) is 0.693. The number of hydrogen-bond donors (Lipinski definition) is 1. The van der Waals surface area contributed by atoms with E-state index in [4.69, 9.17) is 4.74 Å². The van der Waals surface area contributed by atoms with Gasteiger partial charge in [0.05, 0.1) is 18.4 Å². The van der Waals surface area contributed by atoms with E-state index in [0.29, 0.717) is 11.3 Å². The number of carbonyl (C=O) groups excluding carboxylic acids is 1. The Kier molecular flexibility index (Phi) is 4.66. The number of aromatic nitrogens is 1. The van der Waals surface area contributed by atoms with E-state index in [1.54, 1.807) is 19.2 Å². The molecule has 0 fully saturated rings. The Morgan fingerprint density at radius 2 is 2.05 bits per heavy atom. The third kappa shape index (κ3) is 3.89. The van der Waals surface area contributed by atoms with E-state index in [9.17, 15) is 4.79 Å². The molecule has 108 valence electrons. The van der Waals surface area contributed by atoms with Crippen LogP contribution in [0, 0.1) is 6.92 Å². The lowest BCUT2D eigenvalue weighted by molar-refractivity contribution is 0.0954. The molecule has 1 heterocycles. The van der Waals surface area contributed by atoms with Gasteiger partial charge in [-0.2, -0.15) is 5.10 Å². The van der Waals surface area contributed by atoms with Gasteiger partial charge in [0.25, 0.3) is 5.91 Å². The van der Waals surface area contributed by atoms with Crippen LogP contribution in [0.3, 0.4) is 0 Å². The number of ether oxygens (including phenoxy) is 1. The summed E-state index contributed by atoms with van der Waals surface area (Å²) in [5, 5.41) is 4.10. The standard InChI is InChI=1S/C16H17N3O2/c1-11-7-8-14(10-17-11)16(20)19-18-12(2)13-5-4-6-15(9-13)21-3/h4-10H,1-3H3,(H,19,20)/b18-12+. The van der Waals surface area contributed by atoms with Crippen LogP contribution in [0.4, 0.5) is 0 Å². The average Bonchev–Trinajstić information content (AvgIpc) is 2.53. The van der Waals surface area contributed by atoms with Crippen molar-refractivity contribution in [1.29, 1.82) is 0 Å². The Balaban J connectivity index is 2.09. The molecule has 1 aromatic carbocycles. The Hall–Kier alpha value is -2.69. The predicted molar refractivity (Wildman–Crippen MR) is 81.6 cm³/mol. The van der Waals surface area contributed by atoms with Crippen LogP contribution in [-0.4, -0.2) is 23.7 Å². The molecule has 2 aromatic rings. The first-order valence-electron chi connectivity index (χ1n) is 6.52. The zero-order valence-electron chi connectivity index (χ0n) is 12.3. The highest BCUT2D eigenvalue weighted by Gasteiger charge is 2.05. The lowest BCUT2D eigenvalue weighted by Gasteiger charge is -2.05. The smallest absolute Gasteiger partial charge is 0.272 e. The number of hydrazone groups is 1. The molecule has 0 unspecified atom stereocenters. The second-order valence-electron chi connectivity index (χ2n) is 4.56. The molecule has 2 rings (SSSR count). The van der Waals surface area contributed by atoms with Crippen LogP contribution in [0.5, 0.6) is 5.75 Å². The molecule has 0 bridgehead atoms. The molecule has 0 saturated heterocycles.